The van der Waals surface area contributed by atoms with Gasteiger partial charge in [0.15, 0.2) is 0 Å². The minimum atomic E-state index is 0.160. The normalized spacial score (nSPS) is 12.1. The molecule has 0 saturated carbocycles. The van der Waals surface area contributed by atoms with E-state index in [1.165, 1.54) is 5.56 Å². The van der Waals surface area contributed by atoms with Gasteiger partial charge in [-0.05, 0) is 54.3 Å². The molecule has 0 spiro atoms. The van der Waals surface area contributed by atoms with Gasteiger partial charge in [0, 0.05) is 24.0 Å². The molecule has 0 amide bonds. The van der Waals surface area contributed by atoms with Crippen LogP contribution in [0.5, 0.6) is 5.75 Å². The Morgan fingerprint density at radius 1 is 1.05 bits per heavy atom. The number of fused-ring (bicyclic) bond motifs is 1. The van der Waals surface area contributed by atoms with Crippen molar-refractivity contribution in [3.8, 4) is 5.75 Å². The maximum atomic E-state index is 5.26. The average molecular weight is 279 g/mol. The third-order valence-electron chi connectivity index (χ3n) is 3.53. The molecular weight excluding hydrogens is 262 g/mol. The van der Waals surface area contributed by atoms with Crippen molar-refractivity contribution >= 4 is 16.6 Å². The van der Waals surface area contributed by atoms with Crippen molar-refractivity contribution in [1.29, 1.82) is 0 Å². The van der Waals surface area contributed by atoms with E-state index in [-0.39, 0.29) is 6.04 Å². The molecule has 4 nitrogen and oxygen atoms in total. The minimum absolute atomic E-state index is 0.160. The highest BCUT2D eigenvalue weighted by Gasteiger charge is 2.09. The molecule has 0 bridgehead atoms. The number of rotatable bonds is 4. The van der Waals surface area contributed by atoms with Crippen LogP contribution in [-0.2, 0) is 0 Å². The molecule has 0 radical (unpaired) electrons. The van der Waals surface area contributed by atoms with Gasteiger partial charge in [-0.3, -0.25) is 4.98 Å². The van der Waals surface area contributed by atoms with E-state index in [0.717, 1.165) is 22.3 Å². The standard InChI is InChI=1S/C17H17N3O/c1-12(13-5-8-18-9-6-13)20-17-16-4-3-15(21-2)11-14(16)7-10-19-17/h3-12H,1-2H3,(H,19,20). The lowest BCUT2D eigenvalue weighted by molar-refractivity contribution is 0.415. The summed E-state index contributed by atoms with van der Waals surface area (Å²) in [6, 6.07) is 12.2. The number of ether oxygens (including phenoxy) is 1. The summed E-state index contributed by atoms with van der Waals surface area (Å²) in [5, 5.41) is 5.65. The van der Waals surface area contributed by atoms with Crippen molar-refractivity contribution in [2.24, 2.45) is 0 Å². The van der Waals surface area contributed by atoms with Crippen molar-refractivity contribution in [2.75, 3.05) is 12.4 Å². The van der Waals surface area contributed by atoms with Gasteiger partial charge < -0.3 is 10.1 Å². The van der Waals surface area contributed by atoms with Gasteiger partial charge in [0.05, 0.1) is 13.2 Å². The SMILES string of the molecule is COc1ccc2c(NC(C)c3ccncc3)nccc2c1. The molecular formula is C17H17N3O. The van der Waals surface area contributed by atoms with E-state index in [0.29, 0.717) is 0 Å². The number of nitrogens with one attached hydrogen (secondary N) is 1. The molecule has 1 atom stereocenters. The fraction of sp³-hybridized carbons (Fsp3) is 0.176. The fourth-order valence-electron chi connectivity index (χ4n) is 2.34. The maximum absolute atomic E-state index is 5.26. The maximum Gasteiger partial charge on any atom is 0.134 e. The van der Waals surface area contributed by atoms with Crippen molar-refractivity contribution in [2.45, 2.75) is 13.0 Å². The van der Waals surface area contributed by atoms with E-state index in [2.05, 4.69) is 22.2 Å². The topological polar surface area (TPSA) is 47.0 Å². The van der Waals surface area contributed by atoms with Crippen LogP contribution in [0.25, 0.3) is 10.8 Å². The van der Waals surface area contributed by atoms with Crippen LogP contribution >= 0.6 is 0 Å². The van der Waals surface area contributed by atoms with Crippen LogP contribution in [0.4, 0.5) is 5.82 Å². The molecule has 2 aromatic heterocycles. The van der Waals surface area contributed by atoms with Gasteiger partial charge in [-0.1, -0.05) is 0 Å². The Hall–Kier alpha value is -2.62. The molecule has 21 heavy (non-hydrogen) atoms. The number of nitrogens with zero attached hydrogens (tertiary/aromatic N) is 2. The Kier molecular flexibility index (Phi) is 3.69. The first-order valence-corrected chi connectivity index (χ1v) is 6.87. The van der Waals surface area contributed by atoms with Gasteiger partial charge in [-0.15, -0.1) is 0 Å². The van der Waals surface area contributed by atoms with Crippen LogP contribution < -0.4 is 10.1 Å². The van der Waals surface area contributed by atoms with E-state index in [9.17, 15) is 0 Å². The van der Waals surface area contributed by atoms with Gasteiger partial charge in [0.2, 0.25) is 0 Å². The molecule has 1 unspecified atom stereocenters. The summed E-state index contributed by atoms with van der Waals surface area (Å²) in [6.45, 7) is 2.11. The van der Waals surface area contributed by atoms with Crippen LogP contribution in [0.1, 0.15) is 18.5 Å². The predicted molar refractivity (Wildman–Crippen MR) is 84.6 cm³/mol. The number of hydrogen-bond donors (Lipinski definition) is 1. The lowest BCUT2D eigenvalue weighted by Crippen LogP contribution is -2.08. The van der Waals surface area contributed by atoms with Crippen LogP contribution in [-0.4, -0.2) is 17.1 Å². The Labute approximate surface area is 123 Å². The largest absolute Gasteiger partial charge is 0.497 e. The summed E-state index contributed by atoms with van der Waals surface area (Å²) < 4.78 is 5.26. The molecule has 0 aliphatic rings. The third kappa shape index (κ3) is 2.79. The quantitative estimate of drug-likeness (QED) is 0.789. The van der Waals surface area contributed by atoms with E-state index in [4.69, 9.17) is 4.74 Å². The zero-order valence-electron chi connectivity index (χ0n) is 12.1. The van der Waals surface area contributed by atoms with Crippen LogP contribution in [0, 0.1) is 0 Å². The first-order valence-electron chi connectivity index (χ1n) is 6.87. The predicted octanol–water partition coefficient (Wildman–Crippen LogP) is 3.81. The van der Waals surface area contributed by atoms with Crippen LogP contribution in [0.15, 0.2) is 55.0 Å². The number of benzene rings is 1. The van der Waals surface area contributed by atoms with Gasteiger partial charge in [0.1, 0.15) is 11.6 Å². The molecule has 3 rings (SSSR count). The molecule has 1 N–H and O–H groups in total. The summed E-state index contributed by atoms with van der Waals surface area (Å²) in [5.41, 5.74) is 1.18. The Balaban J connectivity index is 1.94. The first kappa shape index (κ1) is 13.4. The molecule has 0 aliphatic heterocycles. The summed E-state index contributed by atoms with van der Waals surface area (Å²) in [4.78, 5) is 8.51. The summed E-state index contributed by atoms with van der Waals surface area (Å²) >= 11 is 0. The molecule has 2 heterocycles. The van der Waals surface area contributed by atoms with E-state index in [1.54, 1.807) is 19.5 Å². The molecule has 0 aliphatic carbocycles. The lowest BCUT2D eigenvalue weighted by Gasteiger charge is -2.16. The second-order valence-corrected chi connectivity index (χ2v) is 4.89. The third-order valence-corrected chi connectivity index (χ3v) is 3.53. The minimum Gasteiger partial charge on any atom is -0.497 e. The zero-order valence-corrected chi connectivity index (χ0v) is 12.1. The molecule has 0 saturated heterocycles. The average Bonchev–Trinajstić information content (AvgIpc) is 2.55. The van der Waals surface area contributed by atoms with Gasteiger partial charge in [0.25, 0.3) is 0 Å². The summed E-state index contributed by atoms with van der Waals surface area (Å²) in [5.74, 6) is 1.72. The highest BCUT2D eigenvalue weighted by molar-refractivity contribution is 5.92. The number of aromatic nitrogens is 2. The fourth-order valence-corrected chi connectivity index (χ4v) is 2.34. The number of methoxy groups -OCH3 is 1. The Morgan fingerprint density at radius 3 is 2.62 bits per heavy atom. The van der Waals surface area contributed by atoms with E-state index < -0.39 is 0 Å². The number of hydrogen-bond acceptors (Lipinski definition) is 4. The molecule has 4 heteroatoms. The lowest BCUT2D eigenvalue weighted by atomic mass is 10.1. The highest BCUT2D eigenvalue weighted by atomic mass is 16.5. The Bertz CT molecular complexity index is 743. The molecule has 0 fully saturated rings. The van der Waals surface area contributed by atoms with Crippen LogP contribution in [0.2, 0.25) is 0 Å². The second kappa shape index (κ2) is 5.79. The zero-order chi connectivity index (χ0) is 14.7. The summed E-state index contributed by atoms with van der Waals surface area (Å²) in [6.07, 6.45) is 5.41. The smallest absolute Gasteiger partial charge is 0.134 e. The second-order valence-electron chi connectivity index (χ2n) is 4.89. The monoisotopic (exact) mass is 279 g/mol. The molecule has 1 aromatic carbocycles. The van der Waals surface area contributed by atoms with E-state index in [1.807, 2.05) is 42.6 Å². The van der Waals surface area contributed by atoms with Crippen molar-refractivity contribution in [3.05, 3.63) is 60.6 Å². The van der Waals surface area contributed by atoms with Crippen molar-refractivity contribution in [1.82, 2.24) is 9.97 Å². The van der Waals surface area contributed by atoms with Gasteiger partial charge >= 0.3 is 0 Å². The first-order chi connectivity index (χ1) is 10.3. The van der Waals surface area contributed by atoms with Crippen molar-refractivity contribution in [3.63, 3.8) is 0 Å². The van der Waals surface area contributed by atoms with Crippen LogP contribution in [0.3, 0.4) is 0 Å². The number of anilines is 1. The highest BCUT2D eigenvalue weighted by Crippen LogP contribution is 2.27. The van der Waals surface area contributed by atoms with Gasteiger partial charge in [-0.2, -0.15) is 0 Å². The number of pyridine rings is 2. The van der Waals surface area contributed by atoms with Gasteiger partial charge in [-0.25, -0.2) is 4.98 Å². The molecule has 3 aromatic rings. The van der Waals surface area contributed by atoms with Crippen molar-refractivity contribution < 1.29 is 4.74 Å². The Morgan fingerprint density at radius 2 is 1.86 bits per heavy atom. The summed E-state index contributed by atoms with van der Waals surface area (Å²) in [7, 11) is 1.67. The molecule has 106 valence electrons. The van der Waals surface area contributed by atoms with E-state index >= 15 is 0 Å².